The number of benzene rings is 1. The molecule has 33 heavy (non-hydrogen) atoms. The minimum atomic E-state index is -0.288. The number of piperazine rings is 1. The van der Waals surface area contributed by atoms with Gasteiger partial charge in [0.2, 0.25) is 0 Å². The van der Waals surface area contributed by atoms with Gasteiger partial charge in [-0.1, -0.05) is 11.3 Å². The SMILES string of the molecule is COc1ccc(-c2csc(N3CCN(C)CC3)n2)c2sc(NC(=O)c3cc(C)ccn3)nc12. The number of thiazole rings is 2. The van der Waals surface area contributed by atoms with Crippen molar-refractivity contribution in [2.45, 2.75) is 6.92 Å². The van der Waals surface area contributed by atoms with Crippen molar-refractivity contribution in [3.8, 4) is 17.0 Å². The smallest absolute Gasteiger partial charge is 0.276 e. The molecule has 5 rings (SSSR count). The van der Waals surface area contributed by atoms with Crippen LogP contribution in [0.3, 0.4) is 0 Å². The Morgan fingerprint density at radius 3 is 2.73 bits per heavy atom. The van der Waals surface area contributed by atoms with Gasteiger partial charge in [0, 0.05) is 43.3 Å². The molecule has 0 aliphatic carbocycles. The molecule has 1 amide bonds. The predicted octanol–water partition coefficient (Wildman–Crippen LogP) is 4.14. The molecule has 4 heterocycles. The topological polar surface area (TPSA) is 83.5 Å². The van der Waals surface area contributed by atoms with Crippen molar-refractivity contribution in [1.82, 2.24) is 19.9 Å². The van der Waals surface area contributed by atoms with Crippen molar-refractivity contribution in [2.75, 3.05) is 50.6 Å². The number of hydrogen-bond acceptors (Lipinski definition) is 9. The van der Waals surface area contributed by atoms with Crippen molar-refractivity contribution in [2.24, 2.45) is 0 Å². The van der Waals surface area contributed by atoms with Gasteiger partial charge in [-0.05, 0) is 43.8 Å². The quantitative estimate of drug-likeness (QED) is 0.460. The number of aryl methyl sites for hydroxylation is 1. The van der Waals surface area contributed by atoms with E-state index in [-0.39, 0.29) is 5.91 Å². The third-order valence-electron chi connectivity index (χ3n) is 5.64. The molecule has 0 atom stereocenters. The monoisotopic (exact) mass is 480 g/mol. The van der Waals surface area contributed by atoms with E-state index in [4.69, 9.17) is 9.72 Å². The molecule has 1 aliphatic rings. The van der Waals surface area contributed by atoms with Crippen LogP contribution >= 0.6 is 22.7 Å². The van der Waals surface area contributed by atoms with E-state index in [2.05, 4.69) is 37.5 Å². The first-order valence-electron chi connectivity index (χ1n) is 10.6. The Labute approximate surface area is 199 Å². The van der Waals surface area contributed by atoms with Crippen LogP contribution in [0, 0.1) is 6.92 Å². The predicted molar refractivity (Wildman–Crippen MR) is 134 cm³/mol. The summed E-state index contributed by atoms with van der Waals surface area (Å²) >= 11 is 3.07. The van der Waals surface area contributed by atoms with Crippen LogP contribution in [0.2, 0.25) is 0 Å². The Morgan fingerprint density at radius 2 is 1.97 bits per heavy atom. The number of methoxy groups -OCH3 is 1. The fraction of sp³-hybridized carbons (Fsp3) is 0.304. The molecule has 1 fully saturated rings. The van der Waals surface area contributed by atoms with Gasteiger partial charge in [-0.15, -0.1) is 11.3 Å². The Balaban J connectivity index is 1.47. The highest BCUT2D eigenvalue weighted by Crippen LogP contribution is 2.40. The molecule has 1 saturated heterocycles. The van der Waals surface area contributed by atoms with Gasteiger partial charge >= 0.3 is 0 Å². The molecule has 8 nitrogen and oxygen atoms in total. The van der Waals surface area contributed by atoms with Gasteiger partial charge in [0.05, 0.1) is 17.5 Å². The maximum Gasteiger partial charge on any atom is 0.276 e. The van der Waals surface area contributed by atoms with Gasteiger partial charge in [0.25, 0.3) is 5.91 Å². The number of nitrogens with zero attached hydrogens (tertiary/aromatic N) is 5. The van der Waals surface area contributed by atoms with E-state index in [0.717, 1.165) is 52.8 Å². The van der Waals surface area contributed by atoms with Crippen molar-refractivity contribution < 1.29 is 9.53 Å². The molecule has 1 aliphatic heterocycles. The number of fused-ring (bicyclic) bond motifs is 1. The van der Waals surface area contributed by atoms with Crippen LogP contribution in [-0.4, -0.2) is 66.1 Å². The lowest BCUT2D eigenvalue weighted by atomic mass is 10.1. The summed E-state index contributed by atoms with van der Waals surface area (Å²) in [6, 6.07) is 7.52. The first-order valence-corrected chi connectivity index (χ1v) is 12.3. The first-order chi connectivity index (χ1) is 16.0. The number of nitrogens with one attached hydrogen (secondary N) is 1. The Morgan fingerprint density at radius 1 is 1.15 bits per heavy atom. The lowest BCUT2D eigenvalue weighted by molar-refractivity contribution is 0.102. The second-order valence-corrected chi connectivity index (χ2v) is 9.83. The minimum Gasteiger partial charge on any atom is -0.494 e. The number of aromatic nitrogens is 3. The second-order valence-electron chi connectivity index (χ2n) is 7.99. The summed E-state index contributed by atoms with van der Waals surface area (Å²) < 4.78 is 6.46. The first kappa shape index (κ1) is 21.7. The van der Waals surface area contributed by atoms with Crippen molar-refractivity contribution in [1.29, 1.82) is 0 Å². The van der Waals surface area contributed by atoms with Gasteiger partial charge < -0.3 is 14.5 Å². The minimum absolute atomic E-state index is 0.288. The molecule has 3 aromatic heterocycles. The molecular formula is C23H24N6O2S2. The zero-order valence-electron chi connectivity index (χ0n) is 18.7. The number of anilines is 2. The van der Waals surface area contributed by atoms with E-state index >= 15 is 0 Å². The molecule has 1 aromatic carbocycles. The van der Waals surface area contributed by atoms with E-state index in [9.17, 15) is 4.79 Å². The van der Waals surface area contributed by atoms with E-state index in [0.29, 0.717) is 22.1 Å². The van der Waals surface area contributed by atoms with E-state index < -0.39 is 0 Å². The Hall–Kier alpha value is -3.08. The molecule has 0 spiro atoms. The van der Waals surface area contributed by atoms with Gasteiger partial charge in [0.15, 0.2) is 10.3 Å². The van der Waals surface area contributed by atoms with E-state index in [1.165, 1.54) is 11.3 Å². The molecule has 170 valence electrons. The summed E-state index contributed by atoms with van der Waals surface area (Å²) in [7, 11) is 3.77. The molecule has 0 unspecified atom stereocenters. The zero-order chi connectivity index (χ0) is 22.9. The fourth-order valence-corrected chi connectivity index (χ4v) is 5.63. The maximum absolute atomic E-state index is 12.7. The zero-order valence-corrected chi connectivity index (χ0v) is 20.3. The van der Waals surface area contributed by atoms with Crippen LogP contribution in [0.15, 0.2) is 35.8 Å². The van der Waals surface area contributed by atoms with Crippen molar-refractivity contribution >= 4 is 49.1 Å². The largest absolute Gasteiger partial charge is 0.494 e. The van der Waals surface area contributed by atoms with Crippen LogP contribution in [0.25, 0.3) is 21.5 Å². The lowest BCUT2D eigenvalue weighted by Gasteiger charge is -2.32. The highest BCUT2D eigenvalue weighted by molar-refractivity contribution is 7.23. The average Bonchev–Trinajstić information content (AvgIpc) is 3.46. The van der Waals surface area contributed by atoms with Gasteiger partial charge in [0.1, 0.15) is 17.0 Å². The maximum atomic E-state index is 12.7. The van der Waals surface area contributed by atoms with Crippen molar-refractivity contribution in [3.05, 3.63) is 47.1 Å². The van der Waals surface area contributed by atoms with Gasteiger partial charge in [-0.3, -0.25) is 15.1 Å². The third-order valence-corrected chi connectivity index (χ3v) is 7.54. The van der Waals surface area contributed by atoms with Crippen LogP contribution in [-0.2, 0) is 0 Å². The Bertz CT molecular complexity index is 1310. The average molecular weight is 481 g/mol. The summed E-state index contributed by atoms with van der Waals surface area (Å²) in [4.78, 5) is 31.1. The number of carbonyl (C=O) groups is 1. The number of pyridine rings is 1. The van der Waals surface area contributed by atoms with Crippen LogP contribution in [0.1, 0.15) is 16.1 Å². The second kappa shape index (κ2) is 9.05. The number of likely N-dealkylation sites (N-methyl/N-ethyl adjacent to an activating group) is 1. The van der Waals surface area contributed by atoms with Gasteiger partial charge in [-0.2, -0.15) is 0 Å². The van der Waals surface area contributed by atoms with E-state index in [1.54, 1.807) is 30.7 Å². The molecule has 0 bridgehead atoms. The molecule has 4 aromatic rings. The highest BCUT2D eigenvalue weighted by atomic mass is 32.1. The highest BCUT2D eigenvalue weighted by Gasteiger charge is 2.21. The normalized spacial score (nSPS) is 14.6. The number of hydrogen-bond donors (Lipinski definition) is 1. The standard InChI is InChI=1S/C23H24N6O2S2/c1-14-6-7-24-16(12-14)21(30)27-22-26-19-18(31-3)5-4-15(20(19)33-22)17-13-32-23(25-17)29-10-8-28(2)9-11-29/h4-7,12-13H,8-11H2,1-3H3,(H,26,27,30). The Kier molecular flexibility index (Phi) is 5.96. The molecule has 0 radical (unpaired) electrons. The summed E-state index contributed by atoms with van der Waals surface area (Å²) in [6.07, 6.45) is 1.63. The molecular weight excluding hydrogens is 456 g/mol. The third kappa shape index (κ3) is 4.41. The summed E-state index contributed by atoms with van der Waals surface area (Å²) in [5.74, 6) is 0.373. The van der Waals surface area contributed by atoms with Crippen LogP contribution < -0.4 is 15.0 Å². The molecule has 1 N–H and O–H groups in total. The summed E-state index contributed by atoms with van der Waals surface area (Å²) in [6.45, 7) is 5.96. The van der Waals surface area contributed by atoms with Crippen molar-refractivity contribution in [3.63, 3.8) is 0 Å². The number of carbonyl (C=O) groups excluding carboxylic acids is 1. The summed E-state index contributed by atoms with van der Waals surface area (Å²) in [5.41, 5.74) is 3.93. The lowest BCUT2D eigenvalue weighted by Crippen LogP contribution is -2.44. The van der Waals surface area contributed by atoms with E-state index in [1.807, 2.05) is 25.1 Å². The number of amides is 1. The van der Waals surface area contributed by atoms with Crippen LogP contribution in [0.5, 0.6) is 5.75 Å². The molecule has 0 saturated carbocycles. The fourth-order valence-electron chi connectivity index (χ4n) is 3.76. The number of ether oxygens (including phenoxy) is 1. The number of rotatable bonds is 5. The molecule has 10 heteroatoms. The van der Waals surface area contributed by atoms with Crippen LogP contribution in [0.4, 0.5) is 10.3 Å². The summed E-state index contributed by atoms with van der Waals surface area (Å²) in [5, 5.41) is 6.50. The van der Waals surface area contributed by atoms with Gasteiger partial charge in [-0.25, -0.2) is 9.97 Å².